The SMILES string of the molecule is CC(C)c1cc(NCCc2ccc(S(=O)(=O)N(C)C)cc2)nc2ccccc12. The molecule has 0 saturated carbocycles. The second-order valence-corrected chi connectivity index (χ2v) is 9.53. The number of aromatic nitrogens is 1. The van der Waals surface area contributed by atoms with Crippen LogP contribution in [0.1, 0.15) is 30.9 Å². The highest BCUT2D eigenvalue weighted by Gasteiger charge is 2.16. The summed E-state index contributed by atoms with van der Waals surface area (Å²) in [5, 5.41) is 4.60. The van der Waals surface area contributed by atoms with E-state index in [-0.39, 0.29) is 0 Å². The molecule has 0 aliphatic rings. The van der Waals surface area contributed by atoms with Crippen LogP contribution in [-0.4, -0.2) is 38.3 Å². The van der Waals surface area contributed by atoms with Gasteiger partial charge in [-0.05, 0) is 47.7 Å². The van der Waals surface area contributed by atoms with Crippen molar-refractivity contribution in [1.82, 2.24) is 9.29 Å². The molecule has 5 nitrogen and oxygen atoms in total. The molecule has 0 radical (unpaired) electrons. The Bertz CT molecular complexity index is 1060. The minimum absolute atomic E-state index is 0.312. The Balaban J connectivity index is 1.70. The Morgan fingerprint density at radius 2 is 1.71 bits per heavy atom. The molecule has 0 aliphatic carbocycles. The Labute approximate surface area is 167 Å². The summed E-state index contributed by atoms with van der Waals surface area (Å²) < 4.78 is 25.5. The van der Waals surface area contributed by atoms with E-state index in [2.05, 4.69) is 31.3 Å². The first kappa shape index (κ1) is 20.3. The molecule has 28 heavy (non-hydrogen) atoms. The normalized spacial score (nSPS) is 12.1. The number of hydrogen-bond acceptors (Lipinski definition) is 4. The maximum Gasteiger partial charge on any atom is 0.242 e. The molecule has 0 spiro atoms. The molecule has 3 rings (SSSR count). The Kier molecular flexibility index (Phi) is 6.01. The maximum absolute atomic E-state index is 12.1. The van der Waals surface area contributed by atoms with Crippen molar-refractivity contribution in [2.45, 2.75) is 31.1 Å². The predicted octanol–water partition coefficient (Wildman–Crippen LogP) is 4.26. The average Bonchev–Trinajstić information content (AvgIpc) is 2.67. The Hall–Kier alpha value is -2.44. The van der Waals surface area contributed by atoms with E-state index in [0.717, 1.165) is 29.9 Å². The van der Waals surface area contributed by atoms with Crippen LogP contribution in [0.2, 0.25) is 0 Å². The van der Waals surface area contributed by atoms with E-state index in [0.29, 0.717) is 10.8 Å². The lowest BCUT2D eigenvalue weighted by atomic mass is 9.99. The number of rotatable bonds is 7. The van der Waals surface area contributed by atoms with E-state index in [1.807, 2.05) is 30.3 Å². The zero-order chi connectivity index (χ0) is 20.3. The van der Waals surface area contributed by atoms with Gasteiger partial charge < -0.3 is 5.32 Å². The summed E-state index contributed by atoms with van der Waals surface area (Å²) in [5.41, 5.74) is 3.36. The average molecular weight is 398 g/mol. The minimum Gasteiger partial charge on any atom is -0.370 e. The second kappa shape index (κ2) is 8.29. The Morgan fingerprint density at radius 1 is 1.04 bits per heavy atom. The van der Waals surface area contributed by atoms with Crippen LogP contribution in [0.4, 0.5) is 5.82 Å². The molecule has 0 bridgehead atoms. The van der Waals surface area contributed by atoms with Crippen molar-refractivity contribution in [3.8, 4) is 0 Å². The van der Waals surface area contributed by atoms with Crippen molar-refractivity contribution in [3.05, 3.63) is 65.7 Å². The van der Waals surface area contributed by atoms with Crippen molar-refractivity contribution >= 4 is 26.7 Å². The van der Waals surface area contributed by atoms with Crippen molar-refractivity contribution in [2.24, 2.45) is 0 Å². The molecule has 0 saturated heterocycles. The first-order chi connectivity index (χ1) is 13.3. The van der Waals surface area contributed by atoms with E-state index in [1.54, 1.807) is 12.1 Å². The van der Waals surface area contributed by atoms with Crippen LogP contribution < -0.4 is 5.32 Å². The Morgan fingerprint density at radius 3 is 2.36 bits per heavy atom. The number of hydrogen-bond donors (Lipinski definition) is 1. The van der Waals surface area contributed by atoms with E-state index in [1.165, 1.54) is 29.4 Å². The van der Waals surface area contributed by atoms with Gasteiger partial charge in [-0.25, -0.2) is 17.7 Å². The summed E-state index contributed by atoms with van der Waals surface area (Å²) in [6.07, 6.45) is 0.786. The topological polar surface area (TPSA) is 62.3 Å². The van der Waals surface area contributed by atoms with Crippen LogP contribution in [0.25, 0.3) is 10.9 Å². The van der Waals surface area contributed by atoms with Gasteiger partial charge >= 0.3 is 0 Å². The first-order valence-corrected chi connectivity index (χ1v) is 10.9. The molecular formula is C22H27N3O2S. The van der Waals surface area contributed by atoms with Crippen LogP contribution in [0, 0.1) is 0 Å². The number of anilines is 1. The first-order valence-electron chi connectivity index (χ1n) is 9.44. The highest BCUT2D eigenvalue weighted by atomic mass is 32.2. The number of para-hydroxylation sites is 1. The van der Waals surface area contributed by atoms with Crippen molar-refractivity contribution in [2.75, 3.05) is 26.0 Å². The van der Waals surface area contributed by atoms with E-state index in [4.69, 9.17) is 4.98 Å². The van der Waals surface area contributed by atoms with Crippen LogP contribution in [0.15, 0.2) is 59.5 Å². The summed E-state index contributed by atoms with van der Waals surface area (Å²) in [6.45, 7) is 5.10. The molecule has 0 aliphatic heterocycles. The largest absolute Gasteiger partial charge is 0.370 e. The van der Waals surface area contributed by atoms with Gasteiger partial charge in [-0.3, -0.25) is 0 Å². The smallest absolute Gasteiger partial charge is 0.242 e. The summed E-state index contributed by atoms with van der Waals surface area (Å²) >= 11 is 0. The van der Waals surface area contributed by atoms with Gasteiger partial charge in [-0.15, -0.1) is 0 Å². The fraction of sp³-hybridized carbons (Fsp3) is 0.318. The molecule has 1 aromatic heterocycles. The molecule has 6 heteroatoms. The highest BCUT2D eigenvalue weighted by molar-refractivity contribution is 7.89. The van der Waals surface area contributed by atoms with Gasteiger partial charge in [0.05, 0.1) is 10.4 Å². The third-order valence-corrected chi connectivity index (χ3v) is 6.62. The molecule has 0 atom stereocenters. The van der Waals surface area contributed by atoms with E-state index >= 15 is 0 Å². The molecule has 3 aromatic rings. The molecule has 148 valence electrons. The van der Waals surface area contributed by atoms with Crippen LogP contribution in [-0.2, 0) is 16.4 Å². The maximum atomic E-state index is 12.1. The van der Waals surface area contributed by atoms with Crippen molar-refractivity contribution in [3.63, 3.8) is 0 Å². The van der Waals surface area contributed by atoms with E-state index < -0.39 is 10.0 Å². The molecule has 1 heterocycles. The molecule has 0 amide bonds. The molecule has 1 N–H and O–H groups in total. The van der Waals surface area contributed by atoms with Crippen molar-refractivity contribution < 1.29 is 8.42 Å². The summed E-state index contributed by atoms with van der Waals surface area (Å²) in [7, 11) is -0.309. The summed E-state index contributed by atoms with van der Waals surface area (Å²) in [6, 6.07) is 17.4. The monoisotopic (exact) mass is 397 g/mol. The summed E-state index contributed by atoms with van der Waals surface area (Å²) in [4.78, 5) is 5.03. The highest BCUT2D eigenvalue weighted by Crippen LogP contribution is 2.27. The van der Waals surface area contributed by atoms with E-state index in [9.17, 15) is 8.42 Å². The number of nitrogens with zero attached hydrogens (tertiary/aromatic N) is 2. The molecule has 0 fully saturated rings. The lowest BCUT2D eigenvalue weighted by molar-refractivity contribution is 0.520. The third kappa shape index (κ3) is 4.34. The number of sulfonamides is 1. The van der Waals surface area contributed by atoms with Gasteiger partial charge in [0.15, 0.2) is 0 Å². The summed E-state index contributed by atoms with van der Waals surface area (Å²) in [5.74, 6) is 1.29. The van der Waals surface area contributed by atoms with Crippen LogP contribution in [0.5, 0.6) is 0 Å². The van der Waals surface area contributed by atoms with Gasteiger partial charge in [-0.1, -0.05) is 44.2 Å². The van der Waals surface area contributed by atoms with Crippen molar-refractivity contribution in [1.29, 1.82) is 0 Å². The lowest BCUT2D eigenvalue weighted by Crippen LogP contribution is -2.22. The lowest BCUT2D eigenvalue weighted by Gasteiger charge is -2.14. The minimum atomic E-state index is -3.38. The van der Waals surface area contributed by atoms with Gasteiger partial charge in [0.2, 0.25) is 10.0 Å². The van der Waals surface area contributed by atoms with Gasteiger partial charge in [0.1, 0.15) is 5.82 Å². The number of pyridine rings is 1. The van der Waals surface area contributed by atoms with Crippen LogP contribution in [0.3, 0.4) is 0 Å². The van der Waals surface area contributed by atoms with Gasteiger partial charge in [0.25, 0.3) is 0 Å². The number of nitrogens with one attached hydrogen (secondary N) is 1. The van der Waals surface area contributed by atoms with Crippen LogP contribution >= 0.6 is 0 Å². The molecule has 2 aromatic carbocycles. The fourth-order valence-electron chi connectivity index (χ4n) is 3.14. The quantitative estimate of drug-likeness (QED) is 0.647. The standard InChI is InChI=1S/C22H27N3O2S/c1-16(2)20-15-22(24-21-8-6-5-7-19(20)21)23-14-13-17-9-11-18(12-10-17)28(26,27)25(3)4/h5-12,15-16H,13-14H2,1-4H3,(H,23,24). The third-order valence-electron chi connectivity index (χ3n) is 4.79. The number of benzene rings is 2. The zero-order valence-electron chi connectivity index (χ0n) is 16.8. The molecular weight excluding hydrogens is 370 g/mol. The fourth-order valence-corrected chi connectivity index (χ4v) is 4.05. The zero-order valence-corrected chi connectivity index (χ0v) is 17.6. The van der Waals surface area contributed by atoms with Gasteiger partial charge in [0, 0.05) is 26.0 Å². The van der Waals surface area contributed by atoms with Gasteiger partial charge in [-0.2, -0.15) is 0 Å². The molecule has 0 unspecified atom stereocenters. The second-order valence-electron chi connectivity index (χ2n) is 7.38. The number of fused-ring (bicyclic) bond motifs is 1. The predicted molar refractivity (Wildman–Crippen MR) is 115 cm³/mol.